The number of fused-ring (bicyclic) bond motifs is 1. The number of carbonyl (C=O) groups excluding carboxylic acids is 1. The molecule has 0 radical (unpaired) electrons. The van der Waals surface area contributed by atoms with Gasteiger partial charge in [0.05, 0.1) is 23.6 Å². The second kappa shape index (κ2) is 6.30. The molecule has 0 spiro atoms. The third-order valence-corrected chi connectivity index (χ3v) is 3.75. The highest BCUT2D eigenvalue weighted by Crippen LogP contribution is 2.18. The first kappa shape index (κ1) is 15.6. The number of benzene rings is 1. The Morgan fingerprint density at radius 2 is 2.14 bits per heavy atom. The molecule has 0 N–H and O–H groups in total. The second-order valence-electron chi connectivity index (χ2n) is 5.13. The molecule has 2 rings (SSSR count). The molecule has 1 aromatic heterocycles. The van der Waals surface area contributed by atoms with E-state index in [9.17, 15) is 9.59 Å². The van der Waals surface area contributed by atoms with Crippen molar-refractivity contribution in [2.24, 2.45) is 5.92 Å². The van der Waals surface area contributed by atoms with Gasteiger partial charge in [0, 0.05) is 6.54 Å². The van der Waals surface area contributed by atoms with Crippen LogP contribution < -0.4 is 5.56 Å². The Balaban J connectivity index is 2.67. The second-order valence-corrected chi connectivity index (χ2v) is 5.91. The van der Waals surface area contributed by atoms with Gasteiger partial charge in [0.2, 0.25) is 0 Å². The van der Waals surface area contributed by atoms with Gasteiger partial charge in [-0.3, -0.25) is 9.36 Å². The van der Waals surface area contributed by atoms with Gasteiger partial charge >= 0.3 is 5.97 Å². The molecule has 6 heteroatoms. The highest BCUT2D eigenvalue weighted by Gasteiger charge is 2.14. The van der Waals surface area contributed by atoms with Crippen molar-refractivity contribution in [1.29, 1.82) is 0 Å². The third-order valence-electron chi connectivity index (χ3n) is 3.07. The zero-order chi connectivity index (χ0) is 15.6. The Kier molecular flexibility index (Phi) is 4.67. The van der Waals surface area contributed by atoms with Crippen LogP contribution in [0.1, 0.15) is 24.2 Å². The minimum absolute atomic E-state index is 0.0746. The lowest BCUT2D eigenvalue weighted by Gasteiger charge is -2.14. The van der Waals surface area contributed by atoms with Gasteiger partial charge in [-0.1, -0.05) is 25.6 Å². The molecule has 0 bridgehead atoms. The van der Waals surface area contributed by atoms with Gasteiger partial charge in [-0.2, -0.15) is 0 Å². The summed E-state index contributed by atoms with van der Waals surface area (Å²) in [5, 5.41) is 1.17. The van der Waals surface area contributed by atoms with Gasteiger partial charge in [-0.05, 0) is 30.4 Å². The molecule has 0 atom stereocenters. The Bertz CT molecular complexity index is 738. The van der Waals surface area contributed by atoms with E-state index in [0.717, 1.165) is 0 Å². The van der Waals surface area contributed by atoms with Crippen molar-refractivity contribution in [3.8, 4) is 0 Å². The Morgan fingerprint density at radius 1 is 1.43 bits per heavy atom. The number of thioether (sulfide) groups is 1. The maximum absolute atomic E-state index is 12.6. The largest absolute Gasteiger partial charge is 0.465 e. The fourth-order valence-electron chi connectivity index (χ4n) is 2.13. The van der Waals surface area contributed by atoms with Crippen LogP contribution in [0, 0.1) is 5.92 Å². The van der Waals surface area contributed by atoms with Gasteiger partial charge in [0.25, 0.3) is 5.56 Å². The third kappa shape index (κ3) is 3.10. The van der Waals surface area contributed by atoms with Crippen molar-refractivity contribution in [2.45, 2.75) is 25.5 Å². The number of ether oxygens (including phenoxy) is 1. The van der Waals surface area contributed by atoms with Gasteiger partial charge in [0.15, 0.2) is 5.16 Å². The standard InChI is InChI=1S/C15H18N2O3S/c1-9(2)8-17-13(18)11-6-5-10(14(19)20-3)7-12(11)16-15(17)21-4/h5-7,9H,8H2,1-4H3. The molecule has 0 unspecified atom stereocenters. The van der Waals surface area contributed by atoms with Crippen molar-refractivity contribution in [3.05, 3.63) is 34.1 Å². The molecule has 0 amide bonds. The van der Waals surface area contributed by atoms with Crippen molar-refractivity contribution >= 4 is 28.6 Å². The zero-order valence-electron chi connectivity index (χ0n) is 12.5. The summed E-state index contributed by atoms with van der Waals surface area (Å²) in [5.74, 6) is -0.0852. The van der Waals surface area contributed by atoms with E-state index in [2.05, 4.69) is 18.8 Å². The lowest BCUT2D eigenvalue weighted by Crippen LogP contribution is -2.25. The molecular weight excluding hydrogens is 288 g/mol. The first-order valence-corrected chi connectivity index (χ1v) is 7.87. The topological polar surface area (TPSA) is 61.2 Å². The molecule has 112 valence electrons. The van der Waals surface area contributed by atoms with E-state index in [4.69, 9.17) is 4.74 Å². The quantitative estimate of drug-likeness (QED) is 0.493. The number of hydrogen-bond acceptors (Lipinski definition) is 5. The normalized spacial score (nSPS) is 11.1. The summed E-state index contributed by atoms with van der Waals surface area (Å²) >= 11 is 1.42. The van der Waals surface area contributed by atoms with Crippen LogP contribution in [-0.4, -0.2) is 28.9 Å². The van der Waals surface area contributed by atoms with Crippen LogP contribution in [0.15, 0.2) is 28.2 Å². The number of methoxy groups -OCH3 is 1. The summed E-state index contributed by atoms with van der Waals surface area (Å²) < 4.78 is 6.38. The molecule has 1 heterocycles. The van der Waals surface area contributed by atoms with E-state index in [1.807, 2.05) is 6.26 Å². The highest BCUT2D eigenvalue weighted by atomic mass is 32.2. The molecular formula is C15H18N2O3S. The zero-order valence-corrected chi connectivity index (χ0v) is 13.4. The fraction of sp³-hybridized carbons (Fsp3) is 0.400. The summed E-state index contributed by atoms with van der Waals surface area (Å²) in [4.78, 5) is 28.7. The van der Waals surface area contributed by atoms with Crippen LogP contribution in [0.3, 0.4) is 0 Å². The van der Waals surface area contributed by atoms with Crippen LogP contribution in [0.4, 0.5) is 0 Å². The summed E-state index contributed by atoms with van der Waals surface area (Å²) in [5.41, 5.74) is 0.840. The first-order chi connectivity index (χ1) is 9.97. The number of hydrogen-bond donors (Lipinski definition) is 0. The number of aromatic nitrogens is 2. The predicted octanol–water partition coefficient (Wildman–Crippen LogP) is 2.56. The van der Waals surface area contributed by atoms with E-state index in [0.29, 0.717) is 34.1 Å². The van der Waals surface area contributed by atoms with Gasteiger partial charge < -0.3 is 4.74 Å². The average molecular weight is 306 g/mol. The molecule has 5 nitrogen and oxygen atoms in total. The smallest absolute Gasteiger partial charge is 0.337 e. The van der Waals surface area contributed by atoms with Crippen molar-refractivity contribution in [1.82, 2.24) is 9.55 Å². The monoisotopic (exact) mass is 306 g/mol. The van der Waals surface area contributed by atoms with E-state index in [-0.39, 0.29) is 5.56 Å². The lowest BCUT2D eigenvalue weighted by atomic mass is 10.1. The predicted molar refractivity (Wildman–Crippen MR) is 84.0 cm³/mol. The number of rotatable bonds is 4. The molecule has 21 heavy (non-hydrogen) atoms. The number of carbonyl (C=O) groups is 1. The molecule has 0 saturated heterocycles. The Hall–Kier alpha value is -1.82. The molecule has 0 fully saturated rings. The van der Waals surface area contributed by atoms with Crippen LogP contribution in [-0.2, 0) is 11.3 Å². The van der Waals surface area contributed by atoms with E-state index >= 15 is 0 Å². The minimum atomic E-state index is -0.434. The summed E-state index contributed by atoms with van der Waals surface area (Å²) in [6, 6.07) is 4.83. The van der Waals surface area contributed by atoms with Crippen molar-refractivity contribution in [2.75, 3.05) is 13.4 Å². The van der Waals surface area contributed by atoms with Crippen LogP contribution in [0.2, 0.25) is 0 Å². The maximum Gasteiger partial charge on any atom is 0.337 e. The molecule has 2 aromatic rings. The van der Waals surface area contributed by atoms with E-state index in [1.165, 1.54) is 18.9 Å². The van der Waals surface area contributed by atoms with Crippen molar-refractivity contribution in [3.63, 3.8) is 0 Å². The fourth-order valence-corrected chi connectivity index (χ4v) is 2.69. The molecule has 1 aromatic carbocycles. The van der Waals surface area contributed by atoms with Crippen LogP contribution >= 0.6 is 11.8 Å². The lowest BCUT2D eigenvalue weighted by molar-refractivity contribution is 0.0601. The molecule has 0 aliphatic rings. The van der Waals surface area contributed by atoms with Gasteiger partial charge in [0.1, 0.15) is 0 Å². The van der Waals surface area contributed by atoms with Crippen molar-refractivity contribution < 1.29 is 9.53 Å². The van der Waals surface area contributed by atoms with Gasteiger partial charge in [-0.15, -0.1) is 0 Å². The highest BCUT2D eigenvalue weighted by molar-refractivity contribution is 7.98. The minimum Gasteiger partial charge on any atom is -0.465 e. The summed E-state index contributed by atoms with van der Waals surface area (Å²) in [6.45, 7) is 4.74. The summed E-state index contributed by atoms with van der Waals surface area (Å²) in [7, 11) is 1.33. The SMILES string of the molecule is COC(=O)c1ccc2c(=O)n(CC(C)C)c(SC)nc2c1. The molecule has 0 aliphatic heterocycles. The van der Waals surface area contributed by atoms with Crippen LogP contribution in [0.25, 0.3) is 10.9 Å². The number of nitrogens with zero attached hydrogens (tertiary/aromatic N) is 2. The van der Waals surface area contributed by atoms with Gasteiger partial charge in [-0.25, -0.2) is 9.78 Å². The molecule has 0 aliphatic carbocycles. The Labute approximate surface area is 127 Å². The number of esters is 1. The maximum atomic E-state index is 12.6. The van der Waals surface area contributed by atoms with E-state index < -0.39 is 5.97 Å². The average Bonchev–Trinajstić information content (AvgIpc) is 2.48. The summed E-state index contributed by atoms with van der Waals surface area (Å²) in [6.07, 6.45) is 1.88. The first-order valence-electron chi connectivity index (χ1n) is 6.64. The van der Waals surface area contributed by atoms with E-state index in [1.54, 1.807) is 22.8 Å². The molecule has 0 saturated carbocycles. The van der Waals surface area contributed by atoms with Crippen LogP contribution in [0.5, 0.6) is 0 Å². The Morgan fingerprint density at radius 3 is 2.71 bits per heavy atom.